The number of piperidine rings is 1. The van der Waals surface area contributed by atoms with Crippen molar-refractivity contribution in [2.24, 2.45) is 5.92 Å². The van der Waals surface area contributed by atoms with E-state index in [-0.39, 0.29) is 0 Å². The van der Waals surface area contributed by atoms with Crippen LogP contribution in [0.5, 0.6) is 0 Å². The number of rotatable bonds is 2. The molecule has 0 radical (unpaired) electrons. The second kappa shape index (κ2) is 5.45. The van der Waals surface area contributed by atoms with E-state index in [1.54, 1.807) is 0 Å². The van der Waals surface area contributed by atoms with Gasteiger partial charge in [-0.05, 0) is 52.0 Å². The van der Waals surface area contributed by atoms with Crippen molar-refractivity contribution in [3.63, 3.8) is 0 Å². The molecule has 0 spiro atoms. The predicted molar refractivity (Wildman–Crippen MR) is 77.5 cm³/mol. The van der Waals surface area contributed by atoms with Gasteiger partial charge in [0.15, 0.2) is 0 Å². The Morgan fingerprint density at radius 2 is 1.95 bits per heavy atom. The molecule has 2 aliphatic heterocycles. The average molecular weight is 260 g/mol. The van der Waals surface area contributed by atoms with Crippen LogP contribution in [-0.4, -0.2) is 35.6 Å². The normalized spacial score (nSPS) is 24.9. The van der Waals surface area contributed by atoms with Crippen LogP contribution in [0.4, 0.5) is 5.82 Å². The summed E-state index contributed by atoms with van der Waals surface area (Å²) < 4.78 is 0. The highest BCUT2D eigenvalue weighted by Crippen LogP contribution is 2.27. The minimum absolute atomic E-state index is 0.771. The topological polar surface area (TPSA) is 41.1 Å². The molecule has 2 fully saturated rings. The number of hydrogen-bond donors (Lipinski definition) is 1. The summed E-state index contributed by atoms with van der Waals surface area (Å²) in [6.45, 7) is 7.53. The van der Waals surface area contributed by atoms with Crippen molar-refractivity contribution >= 4 is 5.82 Å². The summed E-state index contributed by atoms with van der Waals surface area (Å²) in [5, 5.41) is 3.65. The number of nitrogens with one attached hydrogen (secondary N) is 1. The zero-order valence-electron chi connectivity index (χ0n) is 12.0. The maximum Gasteiger partial charge on any atom is 0.147 e. The van der Waals surface area contributed by atoms with E-state index >= 15 is 0 Å². The molecule has 0 bridgehead atoms. The maximum atomic E-state index is 4.67. The summed E-state index contributed by atoms with van der Waals surface area (Å²) >= 11 is 0. The Hall–Kier alpha value is -1.16. The molecule has 1 aromatic rings. The number of aromatic nitrogens is 2. The zero-order chi connectivity index (χ0) is 13.2. The predicted octanol–water partition coefficient (Wildman–Crippen LogP) is 2.06. The Morgan fingerprint density at radius 3 is 2.58 bits per heavy atom. The monoisotopic (exact) mass is 260 g/mol. The lowest BCUT2D eigenvalue weighted by molar-refractivity contribution is 0.318. The van der Waals surface area contributed by atoms with Gasteiger partial charge in [0.1, 0.15) is 5.82 Å². The lowest BCUT2D eigenvalue weighted by Gasteiger charge is -2.35. The van der Waals surface area contributed by atoms with Gasteiger partial charge in [-0.1, -0.05) is 0 Å². The Bertz CT molecular complexity index is 432. The van der Waals surface area contributed by atoms with Gasteiger partial charge in [0.05, 0.1) is 17.6 Å². The van der Waals surface area contributed by atoms with E-state index < -0.39 is 0 Å². The highest BCUT2D eigenvalue weighted by molar-refractivity contribution is 5.38. The van der Waals surface area contributed by atoms with Crippen LogP contribution in [0.1, 0.15) is 37.1 Å². The third kappa shape index (κ3) is 2.73. The van der Waals surface area contributed by atoms with Gasteiger partial charge in [-0.25, -0.2) is 4.98 Å². The van der Waals surface area contributed by atoms with Gasteiger partial charge in [0.2, 0.25) is 0 Å². The van der Waals surface area contributed by atoms with E-state index in [4.69, 9.17) is 0 Å². The van der Waals surface area contributed by atoms with E-state index in [2.05, 4.69) is 20.2 Å². The quantitative estimate of drug-likeness (QED) is 0.884. The molecule has 3 heterocycles. The van der Waals surface area contributed by atoms with Crippen LogP contribution in [-0.2, 0) is 0 Å². The standard InChI is InChI=1S/C15H24N4/c1-11-12(2)18-15(10-17-11)19-8-5-13(6-9-19)14-4-3-7-16-14/h10,13-14,16H,3-9H2,1-2H3. The van der Waals surface area contributed by atoms with E-state index in [0.717, 1.165) is 42.3 Å². The smallest absolute Gasteiger partial charge is 0.147 e. The van der Waals surface area contributed by atoms with E-state index in [1.807, 2.05) is 20.0 Å². The van der Waals surface area contributed by atoms with Crippen molar-refractivity contribution in [3.05, 3.63) is 17.6 Å². The zero-order valence-corrected chi connectivity index (χ0v) is 12.0. The molecule has 104 valence electrons. The van der Waals surface area contributed by atoms with Crippen LogP contribution in [0.25, 0.3) is 0 Å². The van der Waals surface area contributed by atoms with Crippen LogP contribution < -0.4 is 10.2 Å². The van der Waals surface area contributed by atoms with Crippen molar-refractivity contribution in [1.29, 1.82) is 0 Å². The minimum atomic E-state index is 0.771. The van der Waals surface area contributed by atoms with Gasteiger partial charge < -0.3 is 10.2 Å². The van der Waals surface area contributed by atoms with Crippen molar-refractivity contribution in [2.45, 2.75) is 45.6 Å². The van der Waals surface area contributed by atoms with E-state index in [0.29, 0.717) is 0 Å². The van der Waals surface area contributed by atoms with Crippen molar-refractivity contribution in [2.75, 3.05) is 24.5 Å². The molecule has 1 unspecified atom stereocenters. The SMILES string of the molecule is Cc1ncc(N2CCC(C3CCCN3)CC2)nc1C. The largest absolute Gasteiger partial charge is 0.355 e. The van der Waals surface area contributed by atoms with Gasteiger partial charge in [0.25, 0.3) is 0 Å². The Labute approximate surface area is 115 Å². The summed E-state index contributed by atoms with van der Waals surface area (Å²) in [7, 11) is 0. The lowest BCUT2D eigenvalue weighted by Crippen LogP contribution is -2.41. The summed E-state index contributed by atoms with van der Waals surface area (Å²) in [6.07, 6.45) is 7.22. The summed E-state index contributed by atoms with van der Waals surface area (Å²) in [6, 6.07) is 0.771. The Balaban J connectivity index is 1.61. The first-order chi connectivity index (χ1) is 9.24. The molecule has 2 aliphatic rings. The van der Waals surface area contributed by atoms with Gasteiger partial charge in [-0.3, -0.25) is 4.98 Å². The van der Waals surface area contributed by atoms with Crippen LogP contribution in [0.2, 0.25) is 0 Å². The molecule has 3 rings (SSSR count). The number of aryl methyl sites for hydroxylation is 2. The molecule has 1 atom stereocenters. The van der Waals surface area contributed by atoms with Gasteiger partial charge in [-0.15, -0.1) is 0 Å². The number of anilines is 1. The number of nitrogens with zero attached hydrogens (tertiary/aromatic N) is 3. The molecule has 19 heavy (non-hydrogen) atoms. The lowest BCUT2D eigenvalue weighted by atomic mass is 9.88. The molecule has 0 aromatic carbocycles. The van der Waals surface area contributed by atoms with Crippen molar-refractivity contribution in [1.82, 2.24) is 15.3 Å². The molecule has 1 aromatic heterocycles. The molecule has 0 amide bonds. The molecule has 4 heteroatoms. The average Bonchev–Trinajstić information content (AvgIpc) is 2.96. The fourth-order valence-corrected chi connectivity index (χ4v) is 3.33. The number of hydrogen-bond acceptors (Lipinski definition) is 4. The molecule has 0 saturated carbocycles. The minimum Gasteiger partial charge on any atom is -0.355 e. The van der Waals surface area contributed by atoms with Gasteiger partial charge in [-0.2, -0.15) is 0 Å². The molecule has 4 nitrogen and oxygen atoms in total. The first-order valence-electron chi connectivity index (χ1n) is 7.52. The molecular formula is C15H24N4. The van der Waals surface area contributed by atoms with Gasteiger partial charge in [0, 0.05) is 19.1 Å². The summed E-state index contributed by atoms with van der Waals surface area (Å²) in [4.78, 5) is 11.5. The molecule has 2 saturated heterocycles. The first kappa shape index (κ1) is 12.9. The second-order valence-corrected chi connectivity index (χ2v) is 5.93. The molecule has 0 aliphatic carbocycles. The van der Waals surface area contributed by atoms with Crippen LogP contribution in [0, 0.1) is 19.8 Å². The Kier molecular flexibility index (Phi) is 3.69. The van der Waals surface area contributed by atoms with Crippen molar-refractivity contribution in [3.8, 4) is 0 Å². The molecular weight excluding hydrogens is 236 g/mol. The van der Waals surface area contributed by atoms with E-state index in [1.165, 1.54) is 32.2 Å². The fraction of sp³-hybridized carbons (Fsp3) is 0.733. The highest BCUT2D eigenvalue weighted by Gasteiger charge is 2.28. The summed E-state index contributed by atoms with van der Waals surface area (Å²) in [5.41, 5.74) is 2.09. The molecule has 1 N–H and O–H groups in total. The van der Waals surface area contributed by atoms with Crippen molar-refractivity contribution < 1.29 is 0 Å². The Morgan fingerprint density at radius 1 is 1.16 bits per heavy atom. The van der Waals surface area contributed by atoms with Crippen LogP contribution in [0.3, 0.4) is 0 Å². The first-order valence-corrected chi connectivity index (χ1v) is 7.52. The third-order valence-electron chi connectivity index (χ3n) is 4.71. The third-order valence-corrected chi connectivity index (χ3v) is 4.71. The van der Waals surface area contributed by atoms with Crippen LogP contribution in [0.15, 0.2) is 6.20 Å². The maximum absolute atomic E-state index is 4.67. The van der Waals surface area contributed by atoms with Crippen LogP contribution >= 0.6 is 0 Å². The fourth-order valence-electron chi connectivity index (χ4n) is 3.33. The van der Waals surface area contributed by atoms with Gasteiger partial charge >= 0.3 is 0 Å². The van der Waals surface area contributed by atoms with E-state index in [9.17, 15) is 0 Å². The highest BCUT2D eigenvalue weighted by atomic mass is 15.2. The second-order valence-electron chi connectivity index (χ2n) is 5.93. The summed E-state index contributed by atoms with van der Waals surface area (Å²) in [5.74, 6) is 1.92.